The number of aromatic nitrogens is 9. The van der Waals surface area contributed by atoms with Crippen molar-refractivity contribution in [2.75, 3.05) is 13.2 Å². The number of nitrogens with zero attached hydrogens (tertiary/aromatic N) is 9. The average molecular weight is 912 g/mol. The zero-order chi connectivity index (χ0) is 49.1. The van der Waals surface area contributed by atoms with Crippen molar-refractivity contribution in [3.05, 3.63) is 139 Å². The highest BCUT2D eigenvalue weighted by Crippen LogP contribution is 2.58. The SMILES string of the molecule is [2H]C([2H])([2H])n1ncc2c(F)c(-n3ccn(-c4c5c(nn4-c4cc(C)c(F)c(C)c4)C4(CC4)CN(C(=O)c4cc6cc([C@H]7CCOC(C)(C)C7)ccc6n4[C@@]4(c6noc(=O)[nH]6)C[C@@H]4C)[C@H]5C)c3=O)ccc21. The third-order valence-electron chi connectivity index (χ3n) is 15.2. The van der Waals surface area contributed by atoms with Crippen LogP contribution in [-0.4, -0.2) is 73.0 Å². The lowest BCUT2D eigenvalue weighted by molar-refractivity contribution is -0.0592. The standard InChI is InChI=1S/C50H50F2N10O5/c1-26-18-33(19-27(2)40(26)51)62-43(59-16-15-58(47(59)65)37-11-10-36-34(41(37)52)24-53-57(36)7)39-29(4)60(25-49(13-14-49)42(39)55-62)44(63)38-21-32-20-30(31-12-17-66-48(5,6)23-31)8-9-35(32)61(38)50(22-28(50)3)45-54-46(64)67-56-45/h8-11,15-16,18-21,24,28-29,31H,12-14,17,22-23,25H2,1-7H3,(H,54,56,64)/t28-,29-,31-,50-/m0/s1/i7D3. The first-order valence-electron chi connectivity index (χ1n) is 24.3. The maximum atomic E-state index is 16.4. The van der Waals surface area contributed by atoms with Gasteiger partial charge in [0.05, 0.1) is 45.8 Å². The Balaban J connectivity index is 1.03. The molecule has 4 atom stereocenters. The number of amides is 1. The Hall–Kier alpha value is -6.88. The van der Waals surface area contributed by atoms with Gasteiger partial charge in [0.1, 0.15) is 22.9 Å². The molecule has 2 saturated carbocycles. The van der Waals surface area contributed by atoms with Gasteiger partial charge < -0.3 is 14.2 Å². The third-order valence-corrected chi connectivity index (χ3v) is 15.2. The molecule has 12 rings (SSSR count). The molecule has 8 aromatic rings. The number of carbonyl (C=O) groups excluding carboxylic acids is 1. The van der Waals surface area contributed by atoms with E-state index in [0.29, 0.717) is 77.8 Å². The number of halogens is 2. The van der Waals surface area contributed by atoms with E-state index in [1.54, 1.807) is 30.7 Å². The topological polar surface area (TPSA) is 156 Å². The number of rotatable bonds is 7. The van der Waals surface area contributed by atoms with Crippen molar-refractivity contribution in [3.8, 4) is 17.2 Å². The van der Waals surface area contributed by atoms with Crippen LogP contribution in [0.4, 0.5) is 8.78 Å². The molecule has 0 bridgehead atoms. The molecule has 2 aliphatic carbocycles. The number of hydrogen-bond donors (Lipinski definition) is 1. The van der Waals surface area contributed by atoms with Gasteiger partial charge in [0.25, 0.3) is 5.91 Å². The number of H-pyrrole nitrogens is 1. The highest BCUT2D eigenvalue weighted by molar-refractivity contribution is 6.00. The van der Waals surface area contributed by atoms with E-state index in [2.05, 4.69) is 54.2 Å². The second kappa shape index (κ2) is 14.1. The number of benzene rings is 3. The summed E-state index contributed by atoms with van der Waals surface area (Å²) in [5.74, 6) is -1.34. The molecule has 3 fully saturated rings. The first-order valence-corrected chi connectivity index (χ1v) is 22.8. The van der Waals surface area contributed by atoms with E-state index in [-0.39, 0.29) is 45.8 Å². The second-order valence-electron chi connectivity index (χ2n) is 19.9. The number of nitrogens with one attached hydrogen (secondary N) is 1. The van der Waals surface area contributed by atoms with E-state index in [0.717, 1.165) is 44.8 Å². The molecule has 4 aliphatic rings. The van der Waals surface area contributed by atoms with Crippen molar-refractivity contribution in [2.24, 2.45) is 12.9 Å². The fraction of sp³-hybridized carbons (Fsp3) is 0.400. The van der Waals surface area contributed by atoms with Gasteiger partial charge in [-0.05, 0) is 138 Å². The zero-order valence-electron chi connectivity index (χ0n) is 40.9. The summed E-state index contributed by atoms with van der Waals surface area (Å²) in [6, 6.07) is 13.6. The Morgan fingerprint density at radius 2 is 1.70 bits per heavy atom. The van der Waals surface area contributed by atoms with Crippen LogP contribution in [0.1, 0.15) is 120 Å². The van der Waals surface area contributed by atoms with Gasteiger partial charge in [0.15, 0.2) is 11.6 Å². The molecule has 344 valence electrons. The Morgan fingerprint density at radius 3 is 2.39 bits per heavy atom. The van der Waals surface area contributed by atoms with Gasteiger partial charge in [-0.25, -0.2) is 23.1 Å². The number of aryl methyl sites for hydroxylation is 3. The fourth-order valence-electron chi connectivity index (χ4n) is 11.4. The molecular formula is C50H50F2N10O5. The quantitative estimate of drug-likeness (QED) is 0.169. The third kappa shape index (κ3) is 6.01. The molecule has 0 unspecified atom stereocenters. The van der Waals surface area contributed by atoms with Crippen LogP contribution >= 0.6 is 0 Å². The summed E-state index contributed by atoms with van der Waals surface area (Å²) in [5, 5.41) is 14.1. The van der Waals surface area contributed by atoms with Crippen LogP contribution in [0.5, 0.6) is 0 Å². The molecule has 17 heteroatoms. The van der Waals surface area contributed by atoms with Crippen LogP contribution in [0.3, 0.4) is 0 Å². The van der Waals surface area contributed by atoms with Gasteiger partial charge in [-0.3, -0.25) is 28.1 Å². The molecular weight excluding hydrogens is 859 g/mol. The second-order valence-corrected chi connectivity index (χ2v) is 19.9. The zero-order valence-corrected chi connectivity index (χ0v) is 37.9. The summed E-state index contributed by atoms with van der Waals surface area (Å²) in [4.78, 5) is 48.0. The lowest BCUT2D eigenvalue weighted by atomic mass is 9.83. The first-order chi connectivity index (χ1) is 33.2. The van der Waals surface area contributed by atoms with Crippen LogP contribution in [0.15, 0.2) is 81.2 Å². The molecule has 1 N–H and O–H groups in total. The Morgan fingerprint density at radius 1 is 0.955 bits per heavy atom. The molecule has 15 nitrogen and oxygen atoms in total. The number of carbonyl (C=O) groups is 1. The van der Waals surface area contributed by atoms with E-state index in [1.807, 2.05) is 22.5 Å². The molecule has 2 aliphatic heterocycles. The van der Waals surface area contributed by atoms with Crippen LogP contribution in [-0.2, 0) is 22.7 Å². The van der Waals surface area contributed by atoms with Crippen molar-refractivity contribution >= 4 is 27.7 Å². The number of imidazole rings is 1. The smallest absolute Gasteiger partial charge is 0.376 e. The first kappa shape index (κ1) is 38.2. The van der Waals surface area contributed by atoms with E-state index < -0.39 is 41.2 Å². The minimum Gasteiger partial charge on any atom is -0.376 e. The van der Waals surface area contributed by atoms with Crippen molar-refractivity contribution in [2.45, 2.75) is 102 Å². The van der Waals surface area contributed by atoms with Gasteiger partial charge in [-0.1, -0.05) is 18.1 Å². The van der Waals surface area contributed by atoms with E-state index >= 15 is 13.6 Å². The van der Waals surface area contributed by atoms with Crippen LogP contribution < -0.4 is 11.4 Å². The van der Waals surface area contributed by atoms with Crippen molar-refractivity contribution in [3.63, 3.8) is 0 Å². The summed E-state index contributed by atoms with van der Waals surface area (Å²) in [7, 11) is 0. The monoisotopic (exact) mass is 911 g/mol. The number of fused-ring (bicyclic) bond motifs is 4. The summed E-state index contributed by atoms with van der Waals surface area (Å²) in [6.07, 6.45) is 7.74. The summed E-state index contributed by atoms with van der Waals surface area (Å²) < 4.78 is 73.4. The number of aromatic amines is 1. The van der Waals surface area contributed by atoms with Crippen molar-refractivity contribution in [1.29, 1.82) is 0 Å². The van der Waals surface area contributed by atoms with Gasteiger partial charge in [0.2, 0.25) is 0 Å². The molecule has 0 radical (unpaired) electrons. The predicted octanol–water partition coefficient (Wildman–Crippen LogP) is 7.93. The molecule has 3 aromatic carbocycles. The molecule has 1 spiro atoms. The van der Waals surface area contributed by atoms with E-state index in [1.165, 1.54) is 29.1 Å². The molecule has 7 heterocycles. The van der Waals surface area contributed by atoms with Gasteiger partial charge in [-0.2, -0.15) is 10.2 Å². The van der Waals surface area contributed by atoms with Crippen LogP contribution in [0.25, 0.3) is 39.0 Å². The normalized spacial score (nSPS) is 23.7. The summed E-state index contributed by atoms with van der Waals surface area (Å²) in [5.41, 5.74) is 2.35. The fourth-order valence-corrected chi connectivity index (χ4v) is 11.4. The summed E-state index contributed by atoms with van der Waals surface area (Å²) in [6.45, 7) is 9.77. The largest absolute Gasteiger partial charge is 0.438 e. The number of ether oxygens (including phenoxy) is 1. The minimum absolute atomic E-state index is 0.0295. The van der Waals surface area contributed by atoms with Crippen molar-refractivity contribution < 1.29 is 26.9 Å². The average Bonchev–Trinajstić information content (AvgIpc) is 3.72. The molecule has 1 amide bonds. The maximum absolute atomic E-state index is 16.4. The molecule has 67 heavy (non-hydrogen) atoms. The predicted molar refractivity (Wildman–Crippen MR) is 244 cm³/mol. The highest BCUT2D eigenvalue weighted by Gasteiger charge is 2.60. The highest BCUT2D eigenvalue weighted by atomic mass is 19.1. The minimum atomic E-state index is -2.66. The summed E-state index contributed by atoms with van der Waals surface area (Å²) >= 11 is 0. The number of hydrogen-bond acceptors (Lipinski definition) is 8. The maximum Gasteiger partial charge on any atom is 0.438 e. The molecule has 5 aromatic heterocycles. The Kier molecular flexibility index (Phi) is 8.03. The van der Waals surface area contributed by atoms with Gasteiger partial charge in [0, 0.05) is 58.5 Å². The lowest BCUT2D eigenvalue weighted by Crippen LogP contribution is -2.45. The van der Waals surface area contributed by atoms with E-state index in [4.69, 9.17) is 18.5 Å². The lowest BCUT2D eigenvalue weighted by Gasteiger charge is -2.38. The van der Waals surface area contributed by atoms with Gasteiger partial charge in [-0.15, -0.1) is 0 Å². The van der Waals surface area contributed by atoms with Crippen LogP contribution in [0, 0.1) is 31.4 Å². The Labute approximate surface area is 386 Å². The molecule has 1 saturated heterocycles. The van der Waals surface area contributed by atoms with E-state index in [9.17, 15) is 9.59 Å². The van der Waals surface area contributed by atoms with Gasteiger partial charge >= 0.3 is 11.4 Å². The Bertz CT molecular complexity index is 3620. The van der Waals surface area contributed by atoms with Crippen molar-refractivity contribution in [1.82, 2.24) is 48.3 Å². The van der Waals surface area contributed by atoms with Crippen LogP contribution in [0.2, 0.25) is 0 Å².